The number of piperidine rings is 1. The molecule has 0 aromatic heterocycles. The van der Waals surface area contributed by atoms with E-state index < -0.39 is 41.6 Å². The molecule has 1 aromatic rings. The average Bonchev–Trinajstić information content (AvgIpc) is 3.32. The number of benzene rings is 1. The van der Waals surface area contributed by atoms with Crippen LogP contribution in [0.2, 0.25) is 0 Å². The zero-order valence-electron chi connectivity index (χ0n) is 19.6. The Morgan fingerprint density at radius 3 is 2.22 bits per heavy atom. The van der Waals surface area contributed by atoms with E-state index in [1.807, 2.05) is 4.90 Å². The van der Waals surface area contributed by atoms with Crippen molar-refractivity contribution >= 4 is 5.91 Å². The minimum atomic E-state index is -5.00. The Labute approximate surface area is 204 Å². The van der Waals surface area contributed by atoms with Gasteiger partial charge >= 0.3 is 12.4 Å². The van der Waals surface area contributed by atoms with Crippen LogP contribution < -0.4 is 5.73 Å². The molecule has 4 nitrogen and oxygen atoms in total. The third-order valence-electron chi connectivity index (χ3n) is 7.42. The summed E-state index contributed by atoms with van der Waals surface area (Å²) in [6.45, 7) is 2.71. The molecule has 0 spiro atoms. The summed E-state index contributed by atoms with van der Waals surface area (Å²) in [7, 11) is 0. The zero-order valence-corrected chi connectivity index (χ0v) is 19.6. The van der Waals surface area contributed by atoms with Gasteiger partial charge in [0, 0.05) is 31.1 Å². The summed E-state index contributed by atoms with van der Waals surface area (Å²) in [6, 6.07) is 2.75. The highest BCUT2D eigenvalue weighted by atomic mass is 19.4. The predicted octanol–water partition coefficient (Wildman–Crippen LogP) is 5.29. The summed E-state index contributed by atoms with van der Waals surface area (Å²) < 4.78 is 95.0. The fourth-order valence-electron chi connectivity index (χ4n) is 5.78. The highest BCUT2D eigenvalue weighted by molar-refractivity contribution is 5.93. The highest BCUT2D eigenvalue weighted by Crippen LogP contribution is 2.46. The van der Waals surface area contributed by atoms with Crippen molar-refractivity contribution < 1.29 is 35.5 Å². The van der Waals surface area contributed by atoms with E-state index in [1.165, 1.54) is 6.08 Å². The highest BCUT2D eigenvalue weighted by Gasteiger charge is 2.45. The fourth-order valence-corrected chi connectivity index (χ4v) is 5.78. The molecule has 1 unspecified atom stereocenters. The Morgan fingerprint density at radius 1 is 1.03 bits per heavy atom. The van der Waals surface area contributed by atoms with Crippen LogP contribution in [0, 0.1) is 5.82 Å². The Balaban J connectivity index is 1.79. The van der Waals surface area contributed by atoms with Crippen molar-refractivity contribution in [1.82, 2.24) is 9.80 Å². The molecule has 1 aromatic carbocycles. The number of rotatable bonds is 5. The number of likely N-dealkylation sites (tertiary alicyclic amines) is 2. The fraction of sp³-hybridized carbons (Fsp3) is 0.560. The van der Waals surface area contributed by atoms with Gasteiger partial charge in [0.25, 0.3) is 0 Å². The van der Waals surface area contributed by atoms with E-state index in [0.717, 1.165) is 38.1 Å². The quantitative estimate of drug-likeness (QED) is 0.538. The smallest absolute Gasteiger partial charge is 0.366 e. The number of carbonyl (C=O) groups is 1. The van der Waals surface area contributed by atoms with E-state index >= 15 is 0 Å². The maximum atomic E-state index is 14.1. The van der Waals surface area contributed by atoms with Crippen LogP contribution in [-0.4, -0.2) is 54.1 Å². The second kappa shape index (κ2) is 9.81. The number of carbonyl (C=O) groups excluding carboxylic acids is 1. The molecule has 0 bridgehead atoms. The molecule has 2 aliphatic heterocycles. The molecule has 2 fully saturated rings. The van der Waals surface area contributed by atoms with Crippen LogP contribution in [0.1, 0.15) is 49.7 Å². The van der Waals surface area contributed by atoms with Gasteiger partial charge in [0.05, 0.1) is 17.5 Å². The summed E-state index contributed by atoms with van der Waals surface area (Å²) in [4.78, 5) is 16.3. The number of hydrogen-bond donors (Lipinski definition) is 1. The van der Waals surface area contributed by atoms with Crippen LogP contribution in [0.15, 0.2) is 41.5 Å². The molecule has 4 rings (SSSR count). The summed E-state index contributed by atoms with van der Waals surface area (Å²) in [5.74, 6) is -2.42. The minimum Gasteiger partial charge on any atom is -0.366 e. The summed E-state index contributed by atoms with van der Waals surface area (Å²) >= 11 is 0. The maximum absolute atomic E-state index is 14.1. The van der Waals surface area contributed by atoms with Gasteiger partial charge in [0.2, 0.25) is 5.91 Å². The molecule has 0 radical (unpaired) electrons. The van der Waals surface area contributed by atoms with E-state index in [2.05, 4.69) is 4.90 Å². The standard InChI is InChI=1S/C25H28F7N3O/c26-21-4-3-18(12-20(21)25(30,31)32)23(35-9-5-19(6-10-35)34-7-1-2-8-34)13-16(14-24(27,28)29)11-17(15-23)22(33)36/h3-4,11-13,19H,1-2,5-10,14-15H2,(H2,33,36). The molecule has 1 amide bonds. The van der Waals surface area contributed by atoms with Crippen LogP contribution >= 0.6 is 0 Å². The third kappa shape index (κ3) is 5.61. The van der Waals surface area contributed by atoms with Crippen LogP contribution in [0.25, 0.3) is 0 Å². The van der Waals surface area contributed by atoms with Crippen molar-refractivity contribution in [2.45, 2.75) is 62.5 Å². The molecule has 2 N–H and O–H groups in total. The van der Waals surface area contributed by atoms with Gasteiger partial charge in [-0.15, -0.1) is 0 Å². The van der Waals surface area contributed by atoms with Crippen molar-refractivity contribution in [3.05, 3.63) is 58.4 Å². The first-order chi connectivity index (χ1) is 16.8. The van der Waals surface area contributed by atoms with Gasteiger partial charge < -0.3 is 10.6 Å². The number of hydrogen-bond acceptors (Lipinski definition) is 3. The lowest BCUT2D eigenvalue weighted by Gasteiger charge is -2.49. The van der Waals surface area contributed by atoms with Gasteiger partial charge in [-0.05, 0) is 62.0 Å². The number of allylic oxidation sites excluding steroid dienone is 2. The lowest BCUT2D eigenvalue weighted by molar-refractivity contribution is -0.140. The van der Waals surface area contributed by atoms with Gasteiger partial charge in [-0.1, -0.05) is 18.2 Å². The number of primary amides is 1. The van der Waals surface area contributed by atoms with Gasteiger partial charge in [0.15, 0.2) is 0 Å². The largest absolute Gasteiger partial charge is 0.419 e. The SMILES string of the molecule is NC(=O)C1=CC(CC(F)(F)F)=CC(c2ccc(F)c(C(F)(F)F)c2)(N2CCC(N3CCCC3)CC2)C1. The number of amides is 1. The first-order valence-electron chi connectivity index (χ1n) is 11.9. The maximum Gasteiger partial charge on any atom is 0.419 e. The topological polar surface area (TPSA) is 49.6 Å². The van der Waals surface area contributed by atoms with Gasteiger partial charge in [-0.25, -0.2) is 4.39 Å². The van der Waals surface area contributed by atoms with Crippen molar-refractivity contribution in [2.24, 2.45) is 5.73 Å². The first kappa shape index (κ1) is 26.7. The lowest BCUT2D eigenvalue weighted by Crippen LogP contribution is -2.53. The monoisotopic (exact) mass is 519 g/mol. The molecule has 2 heterocycles. The molecular formula is C25H28F7N3O. The second-order valence-corrected chi connectivity index (χ2v) is 9.80. The normalized spacial score (nSPS) is 25.1. The van der Waals surface area contributed by atoms with Gasteiger partial charge in [-0.3, -0.25) is 9.69 Å². The summed E-state index contributed by atoms with van der Waals surface area (Å²) in [5.41, 5.74) is 2.05. The van der Waals surface area contributed by atoms with Crippen molar-refractivity contribution in [1.29, 1.82) is 0 Å². The van der Waals surface area contributed by atoms with Crippen LogP contribution in [-0.2, 0) is 16.5 Å². The molecule has 198 valence electrons. The van der Waals surface area contributed by atoms with Crippen LogP contribution in [0.3, 0.4) is 0 Å². The molecule has 3 aliphatic rings. The van der Waals surface area contributed by atoms with E-state index in [-0.39, 0.29) is 29.2 Å². The summed E-state index contributed by atoms with van der Waals surface area (Å²) in [5, 5.41) is 0. The number of nitrogens with zero attached hydrogens (tertiary/aromatic N) is 2. The lowest BCUT2D eigenvalue weighted by atomic mass is 9.75. The Bertz CT molecular complexity index is 1050. The average molecular weight is 520 g/mol. The molecule has 11 heteroatoms. The van der Waals surface area contributed by atoms with Crippen molar-refractivity contribution in [2.75, 3.05) is 26.2 Å². The number of nitrogens with two attached hydrogens (primary N) is 1. The first-order valence-corrected chi connectivity index (χ1v) is 11.9. The summed E-state index contributed by atoms with van der Waals surface area (Å²) in [6.07, 6.45) is -5.30. The molecular weight excluding hydrogens is 491 g/mol. The van der Waals surface area contributed by atoms with Crippen LogP contribution in [0.5, 0.6) is 0 Å². The number of halogens is 7. The van der Waals surface area contributed by atoms with E-state index in [0.29, 0.717) is 38.1 Å². The Kier molecular flexibility index (Phi) is 7.27. The molecule has 36 heavy (non-hydrogen) atoms. The molecule has 1 aliphatic carbocycles. The van der Waals surface area contributed by atoms with E-state index in [9.17, 15) is 35.5 Å². The van der Waals surface area contributed by atoms with Crippen molar-refractivity contribution in [3.8, 4) is 0 Å². The number of alkyl halides is 6. The third-order valence-corrected chi connectivity index (χ3v) is 7.42. The Morgan fingerprint density at radius 2 is 1.67 bits per heavy atom. The van der Waals surface area contributed by atoms with E-state index in [1.54, 1.807) is 0 Å². The predicted molar refractivity (Wildman–Crippen MR) is 119 cm³/mol. The minimum absolute atomic E-state index is 0.0256. The molecule has 0 saturated carbocycles. The molecule has 2 saturated heterocycles. The van der Waals surface area contributed by atoms with Crippen molar-refractivity contribution in [3.63, 3.8) is 0 Å². The van der Waals surface area contributed by atoms with Gasteiger partial charge in [0.1, 0.15) is 5.82 Å². The van der Waals surface area contributed by atoms with Gasteiger partial charge in [-0.2, -0.15) is 26.3 Å². The van der Waals surface area contributed by atoms with Crippen LogP contribution in [0.4, 0.5) is 30.7 Å². The second-order valence-electron chi connectivity index (χ2n) is 9.80. The van der Waals surface area contributed by atoms with E-state index in [4.69, 9.17) is 5.73 Å². The zero-order chi connectivity index (χ0) is 26.3. The Hall–Kier alpha value is -2.40. The molecule has 1 atom stereocenters.